The van der Waals surface area contributed by atoms with Gasteiger partial charge in [-0.1, -0.05) is 28.1 Å². The quantitative estimate of drug-likeness (QED) is 0.627. The summed E-state index contributed by atoms with van der Waals surface area (Å²) in [7, 11) is 1.65. The summed E-state index contributed by atoms with van der Waals surface area (Å²) in [6.07, 6.45) is 2.50. The Balaban J connectivity index is 2.27. The third kappa shape index (κ3) is 3.20. The van der Waals surface area contributed by atoms with Gasteiger partial charge in [-0.05, 0) is 31.0 Å². The molecule has 1 atom stereocenters. The highest BCUT2D eigenvalue weighted by Gasteiger charge is 2.20. The third-order valence-electron chi connectivity index (χ3n) is 3.25. The Labute approximate surface area is 127 Å². The molecule has 0 bridgehead atoms. The Kier molecular flexibility index (Phi) is 5.17. The molecule has 0 fully saturated rings. The number of hydrogen-bond acceptors (Lipinski definition) is 4. The summed E-state index contributed by atoms with van der Waals surface area (Å²) >= 11 is 3.44. The van der Waals surface area contributed by atoms with Crippen LogP contribution in [0.5, 0.6) is 5.75 Å². The molecule has 5 nitrogen and oxygen atoms in total. The first-order chi connectivity index (χ1) is 9.69. The van der Waals surface area contributed by atoms with E-state index in [1.165, 1.54) is 5.56 Å². The number of methoxy groups -OCH3 is 1. The number of hydrazine groups is 1. The van der Waals surface area contributed by atoms with Gasteiger partial charge < -0.3 is 4.74 Å². The van der Waals surface area contributed by atoms with Gasteiger partial charge in [0.2, 0.25) is 0 Å². The SMILES string of the molecule is CCn1ncc(OC)c1C(Cc1ccc(Br)cc1)NN. The van der Waals surface area contributed by atoms with Crippen molar-refractivity contribution in [2.24, 2.45) is 5.84 Å². The van der Waals surface area contributed by atoms with Crippen molar-refractivity contribution in [1.82, 2.24) is 15.2 Å². The van der Waals surface area contributed by atoms with Crippen molar-refractivity contribution in [2.75, 3.05) is 7.11 Å². The minimum Gasteiger partial charge on any atom is -0.493 e. The van der Waals surface area contributed by atoms with Crippen LogP contribution in [0.25, 0.3) is 0 Å². The molecular formula is C14H19BrN4O. The zero-order chi connectivity index (χ0) is 14.5. The molecule has 0 aliphatic rings. The highest BCUT2D eigenvalue weighted by Crippen LogP contribution is 2.27. The van der Waals surface area contributed by atoms with Gasteiger partial charge in [-0.2, -0.15) is 5.10 Å². The van der Waals surface area contributed by atoms with Gasteiger partial charge in [0.25, 0.3) is 0 Å². The maximum absolute atomic E-state index is 5.73. The van der Waals surface area contributed by atoms with Gasteiger partial charge in [0.15, 0.2) is 5.75 Å². The van der Waals surface area contributed by atoms with Gasteiger partial charge in [0.05, 0.1) is 25.0 Å². The molecule has 108 valence electrons. The Morgan fingerprint density at radius 3 is 2.65 bits per heavy atom. The molecule has 0 radical (unpaired) electrons. The van der Waals surface area contributed by atoms with E-state index in [4.69, 9.17) is 10.6 Å². The van der Waals surface area contributed by atoms with Crippen LogP contribution in [0.4, 0.5) is 0 Å². The average Bonchev–Trinajstić information content (AvgIpc) is 2.89. The molecule has 1 aromatic carbocycles. The lowest BCUT2D eigenvalue weighted by molar-refractivity contribution is 0.391. The van der Waals surface area contributed by atoms with E-state index in [9.17, 15) is 0 Å². The summed E-state index contributed by atoms with van der Waals surface area (Å²) in [4.78, 5) is 0. The lowest BCUT2D eigenvalue weighted by Gasteiger charge is -2.18. The first-order valence-corrected chi connectivity index (χ1v) is 7.29. The summed E-state index contributed by atoms with van der Waals surface area (Å²) in [6.45, 7) is 2.82. The number of nitrogens with two attached hydrogens (primary N) is 1. The van der Waals surface area contributed by atoms with Crippen LogP contribution in [0.3, 0.4) is 0 Å². The van der Waals surface area contributed by atoms with Gasteiger partial charge in [0, 0.05) is 11.0 Å². The minimum atomic E-state index is -0.0476. The molecule has 1 unspecified atom stereocenters. The Morgan fingerprint density at radius 1 is 1.40 bits per heavy atom. The van der Waals surface area contributed by atoms with E-state index in [0.29, 0.717) is 0 Å². The lowest BCUT2D eigenvalue weighted by atomic mass is 10.0. The second kappa shape index (κ2) is 6.88. The van der Waals surface area contributed by atoms with Crippen molar-refractivity contribution in [3.63, 3.8) is 0 Å². The van der Waals surface area contributed by atoms with Crippen LogP contribution in [0.2, 0.25) is 0 Å². The zero-order valence-electron chi connectivity index (χ0n) is 11.6. The maximum Gasteiger partial charge on any atom is 0.161 e. The number of nitrogens with zero attached hydrogens (tertiary/aromatic N) is 2. The molecular weight excluding hydrogens is 320 g/mol. The Hall–Kier alpha value is -1.37. The van der Waals surface area contributed by atoms with Crippen molar-refractivity contribution in [1.29, 1.82) is 0 Å². The first kappa shape index (κ1) is 15.0. The largest absolute Gasteiger partial charge is 0.493 e. The van der Waals surface area contributed by atoms with Gasteiger partial charge in [-0.25, -0.2) is 0 Å². The fourth-order valence-corrected chi connectivity index (χ4v) is 2.49. The van der Waals surface area contributed by atoms with Gasteiger partial charge in [0.1, 0.15) is 0 Å². The molecule has 1 heterocycles. The highest BCUT2D eigenvalue weighted by atomic mass is 79.9. The second-order valence-corrected chi connectivity index (χ2v) is 5.38. The first-order valence-electron chi connectivity index (χ1n) is 6.49. The van der Waals surface area contributed by atoms with Crippen LogP contribution in [0, 0.1) is 0 Å². The molecule has 3 N–H and O–H groups in total. The smallest absolute Gasteiger partial charge is 0.161 e. The monoisotopic (exact) mass is 338 g/mol. The van der Waals surface area contributed by atoms with Crippen molar-refractivity contribution in [2.45, 2.75) is 25.9 Å². The van der Waals surface area contributed by atoms with Crippen molar-refractivity contribution >= 4 is 15.9 Å². The van der Waals surface area contributed by atoms with E-state index in [2.05, 4.69) is 38.6 Å². The number of nitrogens with one attached hydrogen (secondary N) is 1. The molecule has 6 heteroatoms. The van der Waals surface area contributed by atoms with E-state index in [-0.39, 0.29) is 6.04 Å². The number of benzene rings is 1. The predicted octanol–water partition coefficient (Wildman–Crippen LogP) is 2.42. The molecule has 2 aromatic rings. The fourth-order valence-electron chi connectivity index (χ4n) is 2.23. The average molecular weight is 339 g/mol. The van der Waals surface area contributed by atoms with Gasteiger partial charge in [-0.15, -0.1) is 0 Å². The molecule has 0 amide bonds. The molecule has 0 aliphatic heterocycles. The fraction of sp³-hybridized carbons (Fsp3) is 0.357. The van der Waals surface area contributed by atoms with E-state index < -0.39 is 0 Å². The standard InChI is InChI=1S/C14H19BrN4O/c1-3-19-14(13(20-2)9-17-19)12(18-16)8-10-4-6-11(15)7-5-10/h4-7,9,12,18H,3,8,16H2,1-2H3. The molecule has 20 heavy (non-hydrogen) atoms. The number of aryl methyl sites for hydroxylation is 1. The number of hydrogen-bond donors (Lipinski definition) is 2. The normalized spacial score (nSPS) is 12.4. The highest BCUT2D eigenvalue weighted by molar-refractivity contribution is 9.10. The van der Waals surface area contributed by atoms with Crippen LogP contribution in [0.1, 0.15) is 24.2 Å². The molecule has 0 saturated carbocycles. The summed E-state index contributed by atoms with van der Waals surface area (Å²) in [5.74, 6) is 6.49. The maximum atomic E-state index is 5.73. The van der Waals surface area contributed by atoms with Crippen molar-refractivity contribution in [3.8, 4) is 5.75 Å². The summed E-state index contributed by atoms with van der Waals surface area (Å²) < 4.78 is 8.35. The van der Waals surface area contributed by atoms with Crippen molar-refractivity contribution < 1.29 is 4.74 Å². The number of aromatic nitrogens is 2. The summed E-state index contributed by atoms with van der Waals surface area (Å²) in [5, 5.41) is 4.32. The van der Waals surface area contributed by atoms with Crippen LogP contribution in [-0.4, -0.2) is 16.9 Å². The summed E-state index contributed by atoms with van der Waals surface area (Å²) in [6, 6.07) is 8.16. The van der Waals surface area contributed by atoms with Gasteiger partial charge >= 0.3 is 0 Å². The topological polar surface area (TPSA) is 65.1 Å². The van der Waals surface area contributed by atoms with Crippen LogP contribution in [0.15, 0.2) is 34.9 Å². The van der Waals surface area contributed by atoms with Crippen LogP contribution >= 0.6 is 15.9 Å². The molecule has 1 aromatic heterocycles. The molecule has 0 saturated heterocycles. The summed E-state index contributed by atoms with van der Waals surface area (Å²) in [5.41, 5.74) is 5.03. The van der Waals surface area contributed by atoms with E-state index >= 15 is 0 Å². The Bertz CT molecular complexity index is 531. The number of ether oxygens (including phenoxy) is 1. The van der Waals surface area contributed by atoms with E-state index in [0.717, 1.165) is 28.9 Å². The zero-order valence-corrected chi connectivity index (χ0v) is 13.2. The van der Waals surface area contributed by atoms with E-state index in [1.54, 1.807) is 13.3 Å². The lowest BCUT2D eigenvalue weighted by Crippen LogP contribution is -2.31. The van der Waals surface area contributed by atoms with Crippen molar-refractivity contribution in [3.05, 3.63) is 46.2 Å². The number of halogens is 1. The Morgan fingerprint density at radius 2 is 2.10 bits per heavy atom. The van der Waals surface area contributed by atoms with Crippen LogP contribution in [-0.2, 0) is 13.0 Å². The second-order valence-electron chi connectivity index (χ2n) is 4.46. The molecule has 0 aliphatic carbocycles. The number of rotatable bonds is 6. The molecule has 0 spiro atoms. The minimum absolute atomic E-state index is 0.0476. The van der Waals surface area contributed by atoms with E-state index in [1.807, 2.05) is 23.7 Å². The van der Waals surface area contributed by atoms with Crippen LogP contribution < -0.4 is 16.0 Å². The third-order valence-corrected chi connectivity index (χ3v) is 3.78. The van der Waals surface area contributed by atoms with Gasteiger partial charge in [-0.3, -0.25) is 16.0 Å². The predicted molar refractivity (Wildman–Crippen MR) is 82.4 cm³/mol. The molecule has 2 rings (SSSR count).